The van der Waals surface area contributed by atoms with Crippen LogP contribution in [0.1, 0.15) is 30.1 Å². The molecule has 110 valence electrons. The number of phenols is 1. The molecule has 0 aliphatic carbocycles. The summed E-state index contributed by atoms with van der Waals surface area (Å²) in [6.07, 6.45) is 2.09. The summed E-state index contributed by atoms with van der Waals surface area (Å²) in [4.78, 5) is 11.0. The van der Waals surface area contributed by atoms with Crippen molar-refractivity contribution in [1.82, 2.24) is 0 Å². The highest BCUT2D eigenvalue weighted by atomic mass is 16.5. The first-order valence-electron chi connectivity index (χ1n) is 6.90. The quantitative estimate of drug-likeness (QED) is 0.789. The predicted octanol–water partition coefficient (Wildman–Crippen LogP) is 3.94. The summed E-state index contributed by atoms with van der Waals surface area (Å²) in [7, 11) is 0. The molecule has 0 atom stereocenters. The lowest BCUT2D eigenvalue weighted by atomic mass is 10.0. The lowest BCUT2D eigenvalue weighted by Crippen LogP contribution is -1.97. The van der Waals surface area contributed by atoms with Crippen molar-refractivity contribution in [2.75, 3.05) is 6.61 Å². The van der Waals surface area contributed by atoms with Crippen LogP contribution in [0, 0.1) is 0 Å². The van der Waals surface area contributed by atoms with E-state index in [1.165, 1.54) is 12.1 Å². The Morgan fingerprint density at radius 1 is 1.10 bits per heavy atom. The van der Waals surface area contributed by atoms with Crippen molar-refractivity contribution in [1.29, 1.82) is 0 Å². The minimum absolute atomic E-state index is 0.0619. The van der Waals surface area contributed by atoms with Crippen LogP contribution >= 0.6 is 0 Å². The number of aromatic hydroxyl groups is 1. The van der Waals surface area contributed by atoms with Crippen LogP contribution in [0.25, 0.3) is 11.1 Å². The van der Waals surface area contributed by atoms with Crippen molar-refractivity contribution in [3.8, 4) is 22.6 Å². The first-order chi connectivity index (χ1) is 10.1. The number of ether oxygens (including phenoxy) is 1. The van der Waals surface area contributed by atoms with E-state index in [9.17, 15) is 9.90 Å². The van der Waals surface area contributed by atoms with Crippen molar-refractivity contribution in [3.05, 3.63) is 48.0 Å². The number of carboxylic acids is 1. The minimum Gasteiger partial charge on any atom is -0.508 e. The van der Waals surface area contributed by atoms with Crippen LogP contribution in [-0.2, 0) is 0 Å². The molecule has 0 spiro atoms. The maximum atomic E-state index is 11.0. The van der Waals surface area contributed by atoms with E-state index in [1.807, 2.05) is 24.3 Å². The summed E-state index contributed by atoms with van der Waals surface area (Å²) in [6.45, 7) is 2.79. The van der Waals surface area contributed by atoms with E-state index in [0.29, 0.717) is 12.2 Å². The minimum atomic E-state index is -1.06. The third kappa shape index (κ3) is 3.99. The second-order valence-electron chi connectivity index (χ2n) is 4.80. The Labute approximate surface area is 123 Å². The number of rotatable bonds is 6. The van der Waals surface area contributed by atoms with Gasteiger partial charge in [0.2, 0.25) is 0 Å². The van der Waals surface area contributed by atoms with Gasteiger partial charge in [0.25, 0.3) is 0 Å². The third-order valence-corrected chi connectivity index (χ3v) is 3.12. The lowest BCUT2D eigenvalue weighted by molar-refractivity contribution is 0.0696. The number of carbonyl (C=O) groups is 1. The maximum absolute atomic E-state index is 11.0. The zero-order valence-electron chi connectivity index (χ0n) is 11.9. The van der Waals surface area contributed by atoms with Crippen LogP contribution in [0.2, 0.25) is 0 Å². The smallest absolute Gasteiger partial charge is 0.335 e. The second kappa shape index (κ2) is 6.79. The summed E-state index contributed by atoms with van der Waals surface area (Å²) in [5.74, 6) is -0.342. The normalized spacial score (nSPS) is 10.3. The van der Waals surface area contributed by atoms with Crippen LogP contribution < -0.4 is 4.74 Å². The van der Waals surface area contributed by atoms with Crippen molar-refractivity contribution >= 4 is 5.97 Å². The van der Waals surface area contributed by atoms with Crippen LogP contribution in [0.3, 0.4) is 0 Å². The Kier molecular flexibility index (Phi) is 4.82. The van der Waals surface area contributed by atoms with Gasteiger partial charge in [-0.2, -0.15) is 0 Å². The summed E-state index contributed by atoms with van der Waals surface area (Å²) < 4.78 is 5.58. The molecule has 4 heteroatoms. The molecule has 0 bridgehead atoms. The van der Waals surface area contributed by atoms with Crippen LogP contribution in [0.5, 0.6) is 11.5 Å². The highest BCUT2D eigenvalue weighted by Gasteiger charge is 2.08. The second-order valence-corrected chi connectivity index (χ2v) is 4.80. The van der Waals surface area contributed by atoms with Crippen molar-refractivity contribution in [2.24, 2.45) is 0 Å². The monoisotopic (exact) mass is 286 g/mol. The Hall–Kier alpha value is -2.49. The molecule has 21 heavy (non-hydrogen) atoms. The molecule has 2 aromatic rings. The molecule has 0 heterocycles. The number of phenolic OH excluding ortho intramolecular Hbond substituents is 1. The summed E-state index contributed by atoms with van der Waals surface area (Å²) in [5, 5.41) is 18.6. The molecule has 0 unspecified atom stereocenters. The molecule has 2 aromatic carbocycles. The van der Waals surface area contributed by atoms with Crippen LogP contribution in [0.4, 0.5) is 0 Å². The highest BCUT2D eigenvalue weighted by Crippen LogP contribution is 2.27. The lowest BCUT2D eigenvalue weighted by Gasteiger charge is -2.08. The van der Waals surface area contributed by atoms with Gasteiger partial charge in [0.05, 0.1) is 12.2 Å². The number of benzene rings is 2. The van der Waals surface area contributed by atoms with E-state index in [4.69, 9.17) is 9.84 Å². The van der Waals surface area contributed by atoms with Gasteiger partial charge in [0.1, 0.15) is 11.5 Å². The zero-order valence-corrected chi connectivity index (χ0v) is 11.9. The molecule has 4 nitrogen and oxygen atoms in total. The molecule has 0 radical (unpaired) electrons. The van der Waals surface area contributed by atoms with E-state index in [1.54, 1.807) is 6.07 Å². The van der Waals surface area contributed by atoms with E-state index < -0.39 is 5.97 Å². The Morgan fingerprint density at radius 3 is 2.43 bits per heavy atom. The molecule has 0 saturated heterocycles. The predicted molar refractivity (Wildman–Crippen MR) is 80.9 cm³/mol. The third-order valence-electron chi connectivity index (χ3n) is 3.12. The first-order valence-corrected chi connectivity index (χ1v) is 6.90. The molecular formula is C17H18O4. The average molecular weight is 286 g/mol. The van der Waals surface area contributed by atoms with E-state index in [2.05, 4.69) is 6.92 Å². The van der Waals surface area contributed by atoms with Crippen LogP contribution in [0.15, 0.2) is 42.5 Å². The van der Waals surface area contributed by atoms with Gasteiger partial charge < -0.3 is 14.9 Å². The molecule has 2 N–H and O–H groups in total. The van der Waals surface area contributed by atoms with E-state index >= 15 is 0 Å². The highest BCUT2D eigenvalue weighted by molar-refractivity contribution is 5.90. The number of aromatic carboxylic acids is 1. The maximum Gasteiger partial charge on any atom is 0.335 e. The Balaban J connectivity index is 2.20. The zero-order chi connectivity index (χ0) is 15.2. The van der Waals surface area contributed by atoms with Crippen molar-refractivity contribution in [2.45, 2.75) is 19.8 Å². The summed E-state index contributed by atoms with van der Waals surface area (Å²) in [6, 6.07) is 11.7. The molecule has 0 amide bonds. The number of carboxylic acid groups (broad SMARTS) is 1. The van der Waals surface area contributed by atoms with Crippen molar-refractivity contribution in [3.63, 3.8) is 0 Å². The van der Waals surface area contributed by atoms with Gasteiger partial charge in [-0.15, -0.1) is 0 Å². The van der Waals surface area contributed by atoms with Gasteiger partial charge in [0.15, 0.2) is 0 Å². The molecule has 0 fully saturated rings. The van der Waals surface area contributed by atoms with E-state index in [0.717, 1.165) is 24.2 Å². The van der Waals surface area contributed by atoms with Gasteiger partial charge >= 0.3 is 5.97 Å². The summed E-state index contributed by atoms with van der Waals surface area (Å²) in [5.41, 5.74) is 1.55. The molecular weight excluding hydrogens is 268 g/mol. The van der Waals surface area contributed by atoms with Gasteiger partial charge in [-0.3, -0.25) is 0 Å². The number of hydrogen-bond donors (Lipinski definition) is 2. The molecule has 0 aliphatic rings. The Morgan fingerprint density at radius 2 is 1.81 bits per heavy atom. The van der Waals surface area contributed by atoms with Gasteiger partial charge in [-0.05, 0) is 47.9 Å². The van der Waals surface area contributed by atoms with Gasteiger partial charge in [-0.25, -0.2) is 4.79 Å². The van der Waals surface area contributed by atoms with Crippen molar-refractivity contribution < 1.29 is 19.7 Å². The Bertz CT molecular complexity index is 617. The van der Waals surface area contributed by atoms with Gasteiger partial charge in [0, 0.05) is 0 Å². The molecule has 2 rings (SSSR count). The summed E-state index contributed by atoms with van der Waals surface area (Å²) >= 11 is 0. The van der Waals surface area contributed by atoms with Crippen LogP contribution in [-0.4, -0.2) is 22.8 Å². The topological polar surface area (TPSA) is 66.8 Å². The fourth-order valence-corrected chi connectivity index (χ4v) is 1.98. The molecule has 0 aliphatic heterocycles. The SMILES string of the molecule is CCCCOc1ccc(-c2cc(O)cc(C(=O)O)c2)cc1. The fourth-order valence-electron chi connectivity index (χ4n) is 1.98. The van der Waals surface area contributed by atoms with E-state index in [-0.39, 0.29) is 11.3 Å². The van der Waals surface area contributed by atoms with Gasteiger partial charge in [-0.1, -0.05) is 25.5 Å². The average Bonchev–Trinajstić information content (AvgIpc) is 2.47. The molecule has 0 saturated carbocycles. The largest absolute Gasteiger partial charge is 0.508 e. The first kappa shape index (κ1) is 14.9. The molecule has 0 aromatic heterocycles. The fraction of sp³-hybridized carbons (Fsp3) is 0.235. The number of unbranched alkanes of at least 4 members (excludes halogenated alkanes) is 1. The number of hydrogen-bond acceptors (Lipinski definition) is 3. The standard InChI is InChI=1S/C17H18O4/c1-2-3-8-21-16-6-4-12(5-7-16)13-9-14(17(19)20)11-15(18)10-13/h4-7,9-11,18H,2-3,8H2,1H3,(H,19,20).